The first-order valence-corrected chi connectivity index (χ1v) is 8.39. The summed E-state index contributed by atoms with van der Waals surface area (Å²) >= 11 is 0. The van der Waals surface area contributed by atoms with E-state index in [4.69, 9.17) is 0 Å². The number of nitrogens with zero attached hydrogens (tertiary/aromatic N) is 2. The summed E-state index contributed by atoms with van der Waals surface area (Å²) < 4.78 is 13.0. The number of hydrogen-bond donors (Lipinski definition) is 1. The Balaban J connectivity index is 2.12. The minimum Gasteiger partial charge on any atom is -0.354 e. The molecule has 7 heteroatoms. The van der Waals surface area contributed by atoms with Crippen LogP contribution in [0.5, 0.6) is 0 Å². The van der Waals surface area contributed by atoms with Crippen LogP contribution in [0.2, 0.25) is 0 Å². The molecule has 0 aromatic heterocycles. The van der Waals surface area contributed by atoms with E-state index in [2.05, 4.69) is 5.32 Å². The van der Waals surface area contributed by atoms with E-state index >= 15 is 0 Å². The van der Waals surface area contributed by atoms with Gasteiger partial charge in [-0.25, -0.2) is 4.39 Å². The van der Waals surface area contributed by atoms with Crippen molar-refractivity contribution in [1.29, 1.82) is 0 Å². The van der Waals surface area contributed by atoms with Gasteiger partial charge in [-0.3, -0.25) is 14.4 Å². The summed E-state index contributed by atoms with van der Waals surface area (Å²) in [6.45, 7) is 6.64. The predicted octanol–water partition coefficient (Wildman–Crippen LogP) is 1.27. The fourth-order valence-electron chi connectivity index (χ4n) is 2.77. The Labute approximate surface area is 147 Å². The molecule has 1 aromatic carbocycles. The third-order valence-electron chi connectivity index (χ3n) is 4.15. The molecule has 25 heavy (non-hydrogen) atoms. The number of amides is 3. The predicted molar refractivity (Wildman–Crippen MR) is 91.3 cm³/mol. The second-order valence-electron chi connectivity index (χ2n) is 6.63. The summed E-state index contributed by atoms with van der Waals surface area (Å²) in [4.78, 5) is 39.9. The van der Waals surface area contributed by atoms with E-state index < -0.39 is 11.9 Å². The fourth-order valence-corrected chi connectivity index (χ4v) is 2.77. The SMILES string of the molecule is CC(=O)N1CCN(C(=O)c2ccc(F)cc2)CC1C(=O)NCC(C)C. The van der Waals surface area contributed by atoms with E-state index in [9.17, 15) is 18.8 Å². The standard InChI is InChI=1S/C18H24FN3O3/c1-12(2)10-20-17(24)16-11-21(8-9-22(16)13(3)23)18(25)14-4-6-15(19)7-5-14/h4-7,12,16H,8-11H2,1-3H3,(H,20,24). The number of carbonyl (C=O) groups is 3. The third-order valence-corrected chi connectivity index (χ3v) is 4.15. The van der Waals surface area contributed by atoms with Crippen LogP contribution in [0.25, 0.3) is 0 Å². The fraction of sp³-hybridized carbons (Fsp3) is 0.500. The van der Waals surface area contributed by atoms with Crippen molar-refractivity contribution in [1.82, 2.24) is 15.1 Å². The maximum atomic E-state index is 13.0. The Kier molecular flexibility index (Phi) is 6.12. The van der Waals surface area contributed by atoms with Crippen LogP contribution in [0.4, 0.5) is 4.39 Å². The Bertz CT molecular complexity index is 645. The van der Waals surface area contributed by atoms with Crippen LogP contribution in [-0.2, 0) is 9.59 Å². The lowest BCUT2D eigenvalue weighted by Crippen LogP contribution is -2.61. The van der Waals surface area contributed by atoms with Gasteiger partial charge in [0, 0.05) is 32.1 Å². The summed E-state index contributed by atoms with van der Waals surface area (Å²) in [7, 11) is 0. The van der Waals surface area contributed by atoms with Gasteiger partial charge in [-0.05, 0) is 30.2 Å². The monoisotopic (exact) mass is 349 g/mol. The molecule has 1 heterocycles. The van der Waals surface area contributed by atoms with Gasteiger partial charge in [-0.2, -0.15) is 0 Å². The van der Waals surface area contributed by atoms with Gasteiger partial charge < -0.3 is 15.1 Å². The first kappa shape index (κ1) is 18.9. The topological polar surface area (TPSA) is 69.7 Å². The molecule has 3 amide bonds. The third kappa shape index (κ3) is 4.78. The summed E-state index contributed by atoms with van der Waals surface area (Å²) in [5.41, 5.74) is 0.360. The summed E-state index contributed by atoms with van der Waals surface area (Å²) in [5.74, 6) is -0.858. The van der Waals surface area contributed by atoms with E-state index in [1.807, 2.05) is 13.8 Å². The molecule has 6 nitrogen and oxygen atoms in total. The number of rotatable bonds is 4. The van der Waals surface area contributed by atoms with Crippen molar-refractivity contribution in [2.24, 2.45) is 5.92 Å². The Hall–Kier alpha value is -2.44. The van der Waals surface area contributed by atoms with E-state index in [-0.39, 0.29) is 30.2 Å². The molecule has 1 fully saturated rings. The van der Waals surface area contributed by atoms with Crippen LogP contribution >= 0.6 is 0 Å². The van der Waals surface area contributed by atoms with Crippen molar-refractivity contribution in [3.63, 3.8) is 0 Å². The minimum atomic E-state index is -0.714. The molecule has 1 atom stereocenters. The first-order valence-electron chi connectivity index (χ1n) is 8.39. The molecule has 1 N–H and O–H groups in total. The number of piperazine rings is 1. The molecule has 2 rings (SSSR count). The van der Waals surface area contributed by atoms with E-state index in [1.165, 1.54) is 41.0 Å². The second kappa shape index (κ2) is 8.09. The average molecular weight is 349 g/mol. The molecule has 0 aliphatic carbocycles. The largest absolute Gasteiger partial charge is 0.354 e. The highest BCUT2D eigenvalue weighted by Crippen LogP contribution is 2.15. The molecule has 1 saturated heterocycles. The highest BCUT2D eigenvalue weighted by Gasteiger charge is 2.35. The molecule has 1 aliphatic rings. The van der Waals surface area contributed by atoms with Gasteiger partial charge in [-0.1, -0.05) is 13.8 Å². The van der Waals surface area contributed by atoms with Crippen LogP contribution in [-0.4, -0.2) is 59.7 Å². The molecule has 0 spiro atoms. The van der Waals surface area contributed by atoms with Crippen LogP contribution in [0.1, 0.15) is 31.1 Å². The first-order chi connectivity index (χ1) is 11.8. The maximum Gasteiger partial charge on any atom is 0.254 e. The molecule has 1 aliphatic heterocycles. The quantitative estimate of drug-likeness (QED) is 0.890. The van der Waals surface area contributed by atoms with Gasteiger partial charge in [0.2, 0.25) is 11.8 Å². The van der Waals surface area contributed by atoms with Crippen molar-refractivity contribution in [2.75, 3.05) is 26.2 Å². The summed E-state index contributed by atoms with van der Waals surface area (Å²) in [5, 5.41) is 2.82. The van der Waals surface area contributed by atoms with Crippen LogP contribution in [0.3, 0.4) is 0 Å². The summed E-state index contributed by atoms with van der Waals surface area (Å²) in [6.07, 6.45) is 0. The molecule has 1 aromatic rings. The Morgan fingerprint density at radius 1 is 1.20 bits per heavy atom. The van der Waals surface area contributed by atoms with E-state index in [0.29, 0.717) is 25.2 Å². The van der Waals surface area contributed by atoms with Gasteiger partial charge in [0.05, 0.1) is 6.54 Å². The Morgan fingerprint density at radius 3 is 2.40 bits per heavy atom. The molecule has 136 valence electrons. The lowest BCUT2D eigenvalue weighted by Gasteiger charge is -2.40. The molecular weight excluding hydrogens is 325 g/mol. The average Bonchev–Trinajstić information content (AvgIpc) is 2.59. The smallest absolute Gasteiger partial charge is 0.254 e. The van der Waals surface area contributed by atoms with E-state index in [0.717, 1.165) is 0 Å². The lowest BCUT2D eigenvalue weighted by atomic mass is 10.1. The molecular formula is C18H24FN3O3. The van der Waals surface area contributed by atoms with Gasteiger partial charge in [0.15, 0.2) is 0 Å². The number of benzene rings is 1. The zero-order valence-corrected chi connectivity index (χ0v) is 14.8. The van der Waals surface area contributed by atoms with Crippen molar-refractivity contribution >= 4 is 17.7 Å². The zero-order valence-electron chi connectivity index (χ0n) is 14.8. The van der Waals surface area contributed by atoms with Crippen LogP contribution < -0.4 is 5.32 Å². The van der Waals surface area contributed by atoms with Crippen molar-refractivity contribution in [2.45, 2.75) is 26.8 Å². The Morgan fingerprint density at radius 2 is 1.84 bits per heavy atom. The van der Waals surface area contributed by atoms with Gasteiger partial charge in [0.1, 0.15) is 11.9 Å². The lowest BCUT2D eigenvalue weighted by molar-refractivity contribution is -0.141. The van der Waals surface area contributed by atoms with Gasteiger partial charge in [0.25, 0.3) is 5.91 Å². The maximum absolute atomic E-state index is 13.0. The van der Waals surface area contributed by atoms with Gasteiger partial charge >= 0.3 is 0 Å². The number of hydrogen-bond acceptors (Lipinski definition) is 3. The zero-order chi connectivity index (χ0) is 18.6. The highest BCUT2D eigenvalue weighted by molar-refractivity contribution is 5.95. The van der Waals surface area contributed by atoms with Crippen LogP contribution in [0, 0.1) is 11.7 Å². The molecule has 0 radical (unpaired) electrons. The summed E-state index contributed by atoms with van der Waals surface area (Å²) in [6, 6.07) is 4.58. The normalized spacial score (nSPS) is 17.6. The molecule has 1 unspecified atom stereocenters. The van der Waals surface area contributed by atoms with E-state index in [1.54, 1.807) is 0 Å². The minimum absolute atomic E-state index is 0.125. The molecule has 0 saturated carbocycles. The second-order valence-corrected chi connectivity index (χ2v) is 6.63. The van der Waals surface area contributed by atoms with Crippen molar-refractivity contribution in [3.8, 4) is 0 Å². The molecule has 0 bridgehead atoms. The van der Waals surface area contributed by atoms with Crippen molar-refractivity contribution in [3.05, 3.63) is 35.6 Å². The highest BCUT2D eigenvalue weighted by atomic mass is 19.1. The number of nitrogens with one attached hydrogen (secondary N) is 1. The van der Waals surface area contributed by atoms with Crippen molar-refractivity contribution < 1.29 is 18.8 Å². The van der Waals surface area contributed by atoms with Gasteiger partial charge in [-0.15, -0.1) is 0 Å². The van der Waals surface area contributed by atoms with Crippen LogP contribution in [0.15, 0.2) is 24.3 Å². The number of carbonyl (C=O) groups excluding carboxylic acids is 3. The number of halogens is 1.